The molecule has 0 bridgehead atoms. The molecule has 8 heteroatoms. The van der Waals surface area contributed by atoms with Gasteiger partial charge in [-0.1, -0.05) is 0 Å². The van der Waals surface area contributed by atoms with Gasteiger partial charge in [-0.25, -0.2) is 8.37 Å². The van der Waals surface area contributed by atoms with Crippen LogP contribution in [-0.4, -0.2) is 19.9 Å². The van der Waals surface area contributed by atoms with Crippen molar-refractivity contribution in [2.45, 2.75) is 6.10 Å². The fourth-order valence-corrected chi connectivity index (χ4v) is 2.10. The largest absolute Gasteiger partial charge is 0.400 e. The van der Waals surface area contributed by atoms with Gasteiger partial charge in [-0.15, -0.1) is 0 Å². The van der Waals surface area contributed by atoms with Crippen molar-refractivity contribution in [3.8, 4) is 0 Å². The monoisotopic (exact) mass is 245 g/mol. The highest BCUT2D eigenvalue weighted by Crippen LogP contribution is 2.28. The lowest BCUT2D eigenvalue weighted by molar-refractivity contribution is -0.384. The van der Waals surface area contributed by atoms with Crippen molar-refractivity contribution in [1.82, 2.24) is 0 Å². The number of benzene rings is 1. The molecule has 1 aromatic rings. The number of rotatable bonds is 2. The first kappa shape index (κ1) is 11.0. The second-order valence-corrected chi connectivity index (χ2v) is 4.37. The molecule has 0 aliphatic carbocycles. The Balaban J connectivity index is 2.20. The number of nitro groups is 1. The van der Waals surface area contributed by atoms with Crippen molar-refractivity contribution in [2.24, 2.45) is 0 Å². The SMILES string of the molecule is O=[N+]([O-])c1ccc([C@H]2COS(=O)(=O)O2)cc1. The maximum absolute atomic E-state index is 10.8. The molecule has 0 saturated carbocycles. The third-order valence-corrected chi connectivity index (χ3v) is 2.97. The summed E-state index contributed by atoms with van der Waals surface area (Å²) in [5, 5.41) is 10.4. The average Bonchev–Trinajstić information content (AvgIpc) is 2.59. The van der Waals surface area contributed by atoms with E-state index in [4.69, 9.17) is 0 Å². The van der Waals surface area contributed by atoms with Crippen molar-refractivity contribution in [1.29, 1.82) is 0 Å². The van der Waals surface area contributed by atoms with E-state index in [1.54, 1.807) is 0 Å². The molecule has 1 saturated heterocycles. The van der Waals surface area contributed by atoms with Gasteiger partial charge in [-0.05, 0) is 17.7 Å². The van der Waals surface area contributed by atoms with Gasteiger partial charge in [-0.2, -0.15) is 8.42 Å². The van der Waals surface area contributed by atoms with E-state index in [1.165, 1.54) is 24.3 Å². The van der Waals surface area contributed by atoms with Crippen molar-refractivity contribution in [2.75, 3.05) is 6.61 Å². The smallest absolute Gasteiger partial charge is 0.258 e. The molecule has 0 amide bonds. The van der Waals surface area contributed by atoms with Gasteiger partial charge in [-0.3, -0.25) is 10.1 Å². The van der Waals surface area contributed by atoms with E-state index < -0.39 is 21.4 Å². The van der Waals surface area contributed by atoms with Crippen molar-refractivity contribution < 1.29 is 21.7 Å². The highest BCUT2D eigenvalue weighted by atomic mass is 32.3. The van der Waals surface area contributed by atoms with E-state index in [-0.39, 0.29) is 12.3 Å². The average molecular weight is 245 g/mol. The summed E-state index contributed by atoms with van der Waals surface area (Å²) in [4.78, 5) is 9.86. The first-order chi connectivity index (χ1) is 7.48. The Kier molecular flexibility index (Phi) is 2.62. The lowest BCUT2D eigenvalue weighted by atomic mass is 10.1. The summed E-state index contributed by atoms with van der Waals surface area (Å²) >= 11 is 0. The van der Waals surface area contributed by atoms with Gasteiger partial charge in [0.05, 0.1) is 4.92 Å². The number of hydrogen-bond acceptors (Lipinski definition) is 6. The molecule has 16 heavy (non-hydrogen) atoms. The van der Waals surface area contributed by atoms with Gasteiger partial charge in [0.25, 0.3) is 5.69 Å². The van der Waals surface area contributed by atoms with Gasteiger partial charge in [0.15, 0.2) is 0 Å². The van der Waals surface area contributed by atoms with Crippen LogP contribution in [0.25, 0.3) is 0 Å². The molecule has 0 unspecified atom stereocenters. The molecular weight excluding hydrogens is 238 g/mol. The third kappa shape index (κ3) is 2.18. The zero-order valence-corrected chi connectivity index (χ0v) is 8.72. The minimum atomic E-state index is -3.90. The van der Waals surface area contributed by atoms with Crippen molar-refractivity contribution in [3.63, 3.8) is 0 Å². The highest BCUT2D eigenvalue weighted by Gasteiger charge is 2.31. The van der Waals surface area contributed by atoms with Crippen LogP contribution in [0.5, 0.6) is 0 Å². The molecule has 2 rings (SSSR count). The molecule has 1 aliphatic heterocycles. The van der Waals surface area contributed by atoms with Gasteiger partial charge >= 0.3 is 10.4 Å². The van der Waals surface area contributed by atoms with E-state index in [0.717, 1.165) is 0 Å². The summed E-state index contributed by atoms with van der Waals surface area (Å²) in [5.41, 5.74) is 0.456. The molecule has 1 fully saturated rings. The first-order valence-corrected chi connectivity index (χ1v) is 5.63. The maximum atomic E-state index is 10.8. The summed E-state index contributed by atoms with van der Waals surface area (Å²) in [6.07, 6.45) is -0.731. The van der Waals surface area contributed by atoms with E-state index >= 15 is 0 Å². The molecule has 1 heterocycles. The summed E-state index contributed by atoms with van der Waals surface area (Å²) in [5.74, 6) is 0. The molecule has 7 nitrogen and oxygen atoms in total. The molecule has 0 spiro atoms. The zero-order chi connectivity index (χ0) is 11.8. The molecule has 1 aromatic carbocycles. The van der Waals surface area contributed by atoms with Crippen LogP contribution in [0, 0.1) is 10.1 Å². The van der Waals surface area contributed by atoms with Crippen LogP contribution in [-0.2, 0) is 18.8 Å². The normalized spacial score (nSPS) is 23.1. The zero-order valence-electron chi connectivity index (χ0n) is 7.90. The van der Waals surface area contributed by atoms with E-state index in [0.29, 0.717) is 5.56 Å². The second kappa shape index (κ2) is 3.81. The van der Waals surface area contributed by atoms with E-state index in [9.17, 15) is 18.5 Å². The molecule has 1 aliphatic rings. The van der Waals surface area contributed by atoms with Crippen LogP contribution in [0.4, 0.5) is 5.69 Å². The second-order valence-electron chi connectivity index (χ2n) is 3.13. The highest BCUT2D eigenvalue weighted by molar-refractivity contribution is 7.82. The summed E-state index contributed by atoms with van der Waals surface area (Å²) in [6, 6.07) is 5.44. The van der Waals surface area contributed by atoms with Gasteiger partial charge in [0.1, 0.15) is 12.7 Å². The number of hydrogen-bond donors (Lipinski definition) is 0. The summed E-state index contributed by atoms with van der Waals surface area (Å²) in [6.45, 7) is -0.111. The van der Waals surface area contributed by atoms with Gasteiger partial charge in [0.2, 0.25) is 0 Å². The molecular formula is C8H7NO6S. The number of nitrogens with zero attached hydrogens (tertiary/aromatic N) is 1. The van der Waals surface area contributed by atoms with Crippen LogP contribution in [0.2, 0.25) is 0 Å². The summed E-state index contributed by atoms with van der Waals surface area (Å²) < 4.78 is 30.7. The Hall–Kier alpha value is -1.51. The molecule has 1 atom stereocenters. The topological polar surface area (TPSA) is 95.7 Å². The molecule has 0 N–H and O–H groups in total. The van der Waals surface area contributed by atoms with Gasteiger partial charge in [0, 0.05) is 12.1 Å². The molecule has 0 aromatic heterocycles. The fourth-order valence-electron chi connectivity index (χ4n) is 1.31. The van der Waals surface area contributed by atoms with Crippen molar-refractivity contribution >= 4 is 16.1 Å². The Bertz CT molecular complexity index is 508. The number of non-ortho nitro benzene ring substituents is 1. The maximum Gasteiger partial charge on any atom is 0.400 e. The lowest BCUT2D eigenvalue weighted by Crippen LogP contribution is -2.01. The Morgan fingerprint density at radius 2 is 1.94 bits per heavy atom. The quantitative estimate of drug-likeness (QED) is 0.568. The Morgan fingerprint density at radius 3 is 2.38 bits per heavy atom. The van der Waals surface area contributed by atoms with Crippen molar-refractivity contribution in [3.05, 3.63) is 39.9 Å². The van der Waals surface area contributed by atoms with Crippen LogP contribution < -0.4 is 0 Å². The Labute approximate surface area is 91.1 Å². The fraction of sp³-hybridized carbons (Fsp3) is 0.250. The predicted octanol–water partition coefficient (Wildman–Crippen LogP) is 0.927. The number of nitro benzene ring substituents is 1. The van der Waals surface area contributed by atoms with Crippen LogP contribution in [0.15, 0.2) is 24.3 Å². The lowest BCUT2D eigenvalue weighted by Gasteiger charge is -2.04. The molecule has 86 valence electrons. The Morgan fingerprint density at radius 1 is 1.31 bits per heavy atom. The van der Waals surface area contributed by atoms with Crippen LogP contribution in [0.3, 0.4) is 0 Å². The van der Waals surface area contributed by atoms with Crippen LogP contribution in [0.1, 0.15) is 11.7 Å². The minimum Gasteiger partial charge on any atom is -0.258 e. The predicted molar refractivity (Wildman–Crippen MR) is 51.8 cm³/mol. The molecule has 0 radical (unpaired) electrons. The first-order valence-electron chi connectivity index (χ1n) is 4.30. The van der Waals surface area contributed by atoms with Crippen LogP contribution >= 0.6 is 0 Å². The summed E-state index contributed by atoms with van der Waals surface area (Å²) in [7, 11) is -3.90. The minimum absolute atomic E-state index is 0.0643. The third-order valence-electron chi connectivity index (χ3n) is 2.07. The van der Waals surface area contributed by atoms with Gasteiger partial charge < -0.3 is 0 Å². The van der Waals surface area contributed by atoms with E-state index in [1.807, 2.05) is 0 Å². The van der Waals surface area contributed by atoms with E-state index in [2.05, 4.69) is 8.37 Å². The standard InChI is InChI=1S/C8H7NO6S/c10-9(11)7-3-1-6(2-4-7)8-5-14-16(12,13)15-8/h1-4,8H,5H2/t8-/m1/s1.